The van der Waals surface area contributed by atoms with Gasteiger partial charge >= 0.3 is 0 Å². The van der Waals surface area contributed by atoms with Crippen LogP contribution in [0.15, 0.2) is 93.4 Å². The molecule has 0 radical (unpaired) electrons. The molecule has 1 saturated heterocycles. The van der Waals surface area contributed by atoms with Crippen molar-refractivity contribution in [1.29, 1.82) is 0 Å². The van der Waals surface area contributed by atoms with Crippen LogP contribution in [-0.2, 0) is 14.8 Å². The highest BCUT2D eigenvalue weighted by molar-refractivity contribution is 7.89. The Morgan fingerprint density at radius 1 is 0.902 bits per heavy atom. The van der Waals surface area contributed by atoms with Crippen LogP contribution < -0.4 is 4.80 Å². The van der Waals surface area contributed by atoms with Gasteiger partial charge in [-0.05, 0) is 66.3 Å². The quantitative estimate of drug-likeness (QED) is 0.256. The highest BCUT2D eigenvalue weighted by atomic mass is 32.2. The van der Waals surface area contributed by atoms with Crippen LogP contribution in [0.3, 0.4) is 0 Å². The summed E-state index contributed by atoms with van der Waals surface area (Å²) in [6, 6.07) is 19.4. The summed E-state index contributed by atoms with van der Waals surface area (Å²) < 4.78 is 34.7. The van der Waals surface area contributed by atoms with Gasteiger partial charge in [-0.1, -0.05) is 43.5 Å². The molecular formula is C31H33N5O3S2. The van der Waals surface area contributed by atoms with Crippen LogP contribution in [-0.4, -0.2) is 54.9 Å². The van der Waals surface area contributed by atoms with Crippen molar-refractivity contribution in [3.63, 3.8) is 0 Å². The molecule has 0 atom stereocenters. The Hall–Kier alpha value is -3.44. The number of nitrogens with zero attached hydrogens (tertiary/aromatic N) is 5. The van der Waals surface area contributed by atoms with Crippen molar-refractivity contribution in [2.24, 2.45) is 10.1 Å². The van der Waals surface area contributed by atoms with Crippen molar-refractivity contribution in [2.45, 2.75) is 42.9 Å². The smallest absolute Gasteiger partial charge is 0.243 e. The van der Waals surface area contributed by atoms with E-state index in [1.807, 2.05) is 16.8 Å². The number of sulfonamides is 1. The number of aromatic nitrogens is 2. The van der Waals surface area contributed by atoms with E-state index in [1.165, 1.54) is 53.3 Å². The lowest BCUT2D eigenvalue weighted by Gasteiger charge is -2.26. The normalized spacial score (nSPS) is 17.8. The van der Waals surface area contributed by atoms with Crippen molar-refractivity contribution in [3.8, 4) is 11.3 Å². The van der Waals surface area contributed by atoms with Gasteiger partial charge < -0.3 is 4.74 Å². The summed E-state index contributed by atoms with van der Waals surface area (Å²) in [7, 11) is -3.56. The summed E-state index contributed by atoms with van der Waals surface area (Å²) in [5.74, 6) is 0.651. The molecule has 0 bridgehead atoms. The first-order chi connectivity index (χ1) is 20.1. The molecule has 0 unspecified atom stereocenters. The average Bonchev–Trinajstić information content (AvgIpc) is 3.43. The lowest BCUT2D eigenvalue weighted by molar-refractivity contribution is 0.0730. The molecule has 1 aliphatic heterocycles. The third kappa shape index (κ3) is 6.41. The Labute approximate surface area is 244 Å². The van der Waals surface area contributed by atoms with Crippen LogP contribution in [0, 0.1) is 0 Å². The van der Waals surface area contributed by atoms with Crippen molar-refractivity contribution in [3.05, 3.63) is 94.4 Å². The number of hydrogen-bond donors (Lipinski definition) is 0. The number of benzene rings is 2. The van der Waals surface area contributed by atoms with Gasteiger partial charge in [-0.3, -0.25) is 4.98 Å². The largest absolute Gasteiger partial charge is 0.379 e. The number of pyridine rings is 1. The monoisotopic (exact) mass is 587 g/mol. The van der Waals surface area contributed by atoms with Crippen LogP contribution in [0.25, 0.3) is 11.3 Å². The molecule has 2 fully saturated rings. The minimum absolute atomic E-state index is 0.256. The van der Waals surface area contributed by atoms with E-state index in [0.717, 1.165) is 16.8 Å². The minimum atomic E-state index is -3.56. The SMILES string of the molecule is O=S(=O)(c1ccc(N=c2scc(-c3ccc(C4CCCCC4)cc3)n2N=Cc2ccncc2)cc1)N1CCOCC1. The molecule has 1 saturated carbocycles. The van der Waals surface area contributed by atoms with Crippen molar-refractivity contribution in [1.82, 2.24) is 14.0 Å². The molecule has 4 aromatic rings. The molecule has 2 aromatic heterocycles. The van der Waals surface area contributed by atoms with Crippen LogP contribution >= 0.6 is 11.3 Å². The summed E-state index contributed by atoms with van der Waals surface area (Å²) in [6.45, 7) is 1.56. The molecule has 0 amide bonds. The van der Waals surface area contributed by atoms with Gasteiger partial charge in [-0.2, -0.15) is 9.41 Å². The van der Waals surface area contributed by atoms with Gasteiger partial charge in [-0.25, -0.2) is 18.1 Å². The molecular weight excluding hydrogens is 555 g/mol. The summed E-state index contributed by atoms with van der Waals surface area (Å²) >= 11 is 1.50. The zero-order chi connectivity index (χ0) is 28.1. The fourth-order valence-corrected chi connectivity index (χ4v) is 7.63. The molecule has 6 rings (SSSR count). The van der Waals surface area contributed by atoms with E-state index < -0.39 is 10.0 Å². The molecule has 8 nitrogen and oxygen atoms in total. The van der Waals surface area contributed by atoms with Gasteiger partial charge in [0.15, 0.2) is 0 Å². The minimum Gasteiger partial charge on any atom is -0.379 e. The van der Waals surface area contributed by atoms with Crippen LogP contribution in [0.2, 0.25) is 0 Å². The first kappa shape index (κ1) is 27.7. The van der Waals surface area contributed by atoms with E-state index in [2.05, 4.69) is 34.6 Å². The second-order valence-electron chi connectivity index (χ2n) is 10.3. The van der Waals surface area contributed by atoms with Crippen molar-refractivity contribution in [2.75, 3.05) is 26.3 Å². The number of ether oxygens (including phenoxy) is 1. The Morgan fingerprint density at radius 3 is 2.32 bits per heavy atom. The molecule has 0 N–H and O–H groups in total. The molecule has 41 heavy (non-hydrogen) atoms. The maximum absolute atomic E-state index is 13.0. The summed E-state index contributed by atoms with van der Waals surface area (Å²) in [5, 5.41) is 6.87. The first-order valence-electron chi connectivity index (χ1n) is 14.1. The molecule has 0 spiro atoms. The highest BCUT2D eigenvalue weighted by Gasteiger charge is 2.26. The molecule has 10 heteroatoms. The summed E-state index contributed by atoms with van der Waals surface area (Å²) in [5.41, 5.74) is 5.01. The third-order valence-electron chi connectivity index (χ3n) is 7.67. The zero-order valence-corrected chi connectivity index (χ0v) is 24.4. The van der Waals surface area contributed by atoms with E-state index in [1.54, 1.807) is 42.9 Å². The van der Waals surface area contributed by atoms with Gasteiger partial charge in [0.1, 0.15) is 0 Å². The topological polar surface area (TPSA) is 89.2 Å². The standard InChI is InChI=1S/C31H33N5O3S2/c37-41(38,35-18-20-39-21-19-35)29-12-10-28(11-13-29)34-31-36(33-22-24-14-16-32-17-15-24)30(23-40-31)27-8-6-26(7-9-27)25-4-2-1-3-5-25/h6-17,22-23,25H,1-5,18-21H2. The second-order valence-corrected chi connectivity index (χ2v) is 13.1. The fourth-order valence-electron chi connectivity index (χ4n) is 5.36. The predicted octanol–water partition coefficient (Wildman–Crippen LogP) is 5.79. The van der Waals surface area contributed by atoms with Gasteiger partial charge in [0, 0.05) is 36.4 Å². The van der Waals surface area contributed by atoms with Crippen LogP contribution in [0.4, 0.5) is 5.69 Å². The van der Waals surface area contributed by atoms with Crippen molar-refractivity contribution < 1.29 is 13.2 Å². The van der Waals surface area contributed by atoms with Crippen molar-refractivity contribution >= 4 is 33.3 Å². The molecule has 2 aromatic carbocycles. The lowest BCUT2D eigenvalue weighted by atomic mass is 9.84. The third-order valence-corrected chi connectivity index (χ3v) is 10.4. The lowest BCUT2D eigenvalue weighted by Crippen LogP contribution is -2.40. The summed E-state index contributed by atoms with van der Waals surface area (Å²) in [6.07, 6.45) is 11.8. The zero-order valence-electron chi connectivity index (χ0n) is 22.8. The number of hydrogen-bond acceptors (Lipinski definition) is 7. The second kappa shape index (κ2) is 12.6. The summed E-state index contributed by atoms with van der Waals surface area (Å²) in [4.78, 5) is 9.89. The highest BCUT2D eigenvalue weighted by Crippen LogP contribution is 2.33. The molecule has 1 aliphatic carbocycles. The number of rotatable bonds is 7. The molecule has 2 aliphatic rings. The van der Waals surface area contributed by atoms with E-state index in [0.29, 0.717) is 42.7 Å². The molecule has 3 heterocycles. The van der Waals surface area contributed by atoms with Gasteiger partial charge in [0.2, 0.25) is 14.8 Å². The first-order valence-corrected chi connectivity index (χ1v) is 16.4. The molecule has 212 valence electrons. The average molecular weight is 588 g/mol. The van der Waals surface area contributed by atoms with Gasteiger partial charge in [0.05, 0.1) is 35.7 Å². The Morgan fingerprint density at radius 2 is 1.61 bits per heavy atom. The Bertz CT molecular complexity index is 1650. The predicted molar refractivity (Wildman–Crippen MR) is 162 cm³/mol. The van der Waals surface area contributed by atoms with Crippen LogP contribution in [0.1, 0.15) is 49.1 Å². The Kier molecular flexibility index (Phi) is 8.52. The maximum Gasteiger partial charge on any atom is 0.243 e. The number of morpholine rings is 1. The van der Waals surface area contributed by atoms with Gasteiger partial charge in [0.25, 0.3) is 0 Å². The Balaban J connectivity index is 1.33. The van der Waals surface area contributed by atoms with E-state index in [9.17, 15) is 8.42 Å². The maximum atomic E-state index is 13.0. The van der Waals surface area contributed by atoms with Crippen LogP contribution in [0.5, 0.6) is 0 Å². The van der Waals surface area contributed by atoms with E-state index in [-0.39, 0.29) is 4.90 Å². The van der Waals surface area contributed by atoms with E-state index in [4.69, 9.17) is 14.8 Å². The van der Waals surface area contributed by atoms with E-state index >= 15 is 0 Å². The fraction of sp³-hybridized carbons (Fsp3) is 0.323. The number of thiazole rings is 1. The van der Waals surface area contributed by atoms with Gasteiger partial charge in [-0.15, -0.1) is 11.3 Å².